The number of nitriles is 1. The first-order chi connectivity index (χ1) is 4.43. The molecule has 5 heteroatoms. The van der Waals surface area contributed by atoms with Crippen LogP contribution in [0.2, 0.25) is 0 Å². The van der Waals surface area contributed by atoms with Crippen LogP contribution in [-0.2, 0) is 0 Å². The highest BCUT2D eigenvalue weighted by molar-refractivity contribution is 5.85. The number of hydrogen-bond donors (Lipinski definition) is 1. The van der Waals surface area contributed by atoms with Gasteiger partial charge >= 0.3 is 0 Å². The van der Waals surface area contributed by atoms with Crippen molar-refractivity contribution in [1.29, 1.82) is 5.26 Å². The number of allylic oxidation sites excluding steroid dienone is 2. The van der Waals surface area contributed by atoms with Crippen molar-refractivity contribution in [2.24, 2.45) is 4.99 Å². The van der Waals surface area contributed by atoms with Crippen molar-refractivity contribution in [2.45, 2.75) is 0 Å². The van der Waals surface area contributed by atoms with Gasteiger partial charge in [-0.2, -0.15) is 5.26 Å². The molecule has 0 unspecified atom stereocenters. The Bertz CT molecular complexity index is 224. The van der Waals surface area contributed by atoms with Crippen LogP contribution in [0.5, 0.6) is 0 Å². The lowest BCUT2D eigenvalue weighted by molar-refractivity contribution is 1.12. The van der Waals surface area contributed by atoms with Crippen LogP contribution in [0.25, 0.3) is 0 Å². The van der Waals surface area contributed by atoms with Crippen LogP contribution in [-0.4, -0.2) is 6.21 Å². The van der Waals surface area contributed by atoms with E-state index in [1.165, 1.54) is 0 Å². The molecule has 0 spiro atoms. The van der Waals surface area contributed by atoms with Gasteiger partial charge in [0.25, 0.3) is 0 Å². The van der Waals surface area contributed by atoms with Crippen LogP contribution in [0.4, 0.5) is 0 Å². The number of hydrogen-bond acceptors (Lipinski definition) is 3. The number of halogens is 2. The summed E-state index contributed by atoms with van der Waals surface area (Å²) in [5, 5.41) is 11.1. The Morgan fingerprint density at radius 2 is 2.18 bits per heavy atom. The van der Waals surface area contributed by atoms with E-state index in [1.54, 1.807) is 24.7 Å². The average molecular weight is 192 g/mol. The number of rotatable bonds is 0. The van der Waals surface area contributed by atoms with Gasteiger partial charge in [-0.15, -0.1) is 24.8 Å². The van der Waals surface area contributed by atoms with Gasteiger partial charge in [-0.3, -0.25) is 4.99 Å². The lowest BCUT2D eigenvalue weighted by atomic mass is 10.4. The highest BCUT2D eigenvalue weighted by Crippen LogP contribution is 1.87. The summed E-state index contributed by atoms with van der Waals surface area (Å²) in [7, 11) is 0. The molecule has 0 aromatic heterocycles. The van der Waals surface area contributed by atoms with Gasteiger partial charge in [0.15, 0.2) is 0 Å². The van der Waals surface area contributed by atoms with Crippen molar-refractivity contribution < 1.29 is 0 Å². The molecule has 3 nitrogen and oxygen atoms in total. The third kappa shape index (κ3) is 4.43. The largest absolute Gasteiger partial charge is 0.352 e. The molecular formula is C6H7Cl2N3. The molecular weight excluding hydrogens is 185 g/mol. The first-order valence-electron chi connectivity index (χ1n) is 2.48. The van der Waals surface area contributed by atoms with Crippen molar-refractivity contribution in [1.82, 2.24) is 5.32 Å². The molecule has 11 heavy (non-hydrogen) atoms. The second-order valence-electron chi connectivity index (χ2n) is 1.45. The second-order valence-corrected chi connectivity index (χ2v) is 1.45. The lowest BCUT2D eigenvalue weighted by Crippen LogP contribution is -2.00. The van der Waals surface area contributed by atoms with Gasteiger partial charge in [0.05, 0.1) is 0 Å². The Balaban J connectivity index is 0. The average Bonchev–Trinajstić information content (AvgIpc) is 2.13. The monoisotopic (exact) mass is 191 g/mol. The molecule has 0 saturated carbocycles. The van der Waals surface area contributed by atoms with Crippen LogP contribution in [0.3, 0.4) is 0 Å². The molecule has 0 aromatic rings. The lowest BCUT2D eigenvalue weighted by Gasteiger charge is -1.89. The Morgan fingerprint density at radius 3 is 2.82 bits per heavy atom. The van der Waals surface area contributed by atoms with Gasteiger partial charge in [0, 0.05) is 18.6 Å². The Kier molecular flexibility index (Phi) is 8.22. The van der Waals surface area contributed by atoms with Crippen molar-refractivity contribution in [2.75, 3.05) is 0 Å². The van der Waals surface area contributed by atoms with E-state index < -0.39 is 0 Å². The maximum Gasteiger partial charge on any atom is 0.119 e. The minimum absolute atomic E-state index is 0. The summed E-state index contributed by atoms with van der Waals surface area (Å²) < 4.78 is 0. The van der Waals surface area contributed by atoms with Crippen LogP contribution >= 0.6 is 24.8 Å². The summed E-state index contributed by atoms with van der Waals surface area (Å²) in [5.74, 6) is 0. The van der Waals surface area contributed by atoms with E-state index in [9.17, 15) is 0 Å². The van der Waals surface area contributed by atoms with Gasteiger partial charge in [-0.25, -0.2) is 0 Å². The molecule has 0 atom stereocenters. The summed E-state index contributed by atoms with van der Waals surface area (Å²) in [6.45, 7) is 0. The molecule has 0 saturated heterocycles. The summed E-state index contributed by atoms with van der Waals surface area (Å²) in [5.41, 5.74) is 0.507. The van der Waals surface area contributed by atoms with Crippen LogP contribution in [0.1, 0.15) is 0 Å². The Hall–Kier alpha value is -0.980. The summed E-state index contributed by atoms with van der Waals surface area (Å²) in [4.78, 5) is 3.77. The first-order valence-corrected chi connectivity index (χ1v) is 2.48. The van der Waals surface area contributed by atoms with Crippen LogP contribution in [0, 0.1) is 11.3 Å². The van der Waals surface area contributed by atoms with Crippen LogP contribution < -0.4 is 5.32 Å². The van der Waals surface area contributed by atoms with Crippen molar-refractivity contribution in [3.63, 3.8) is 0 Å². The fourth-order valence-corrected chi connectivity index (χ4v) is 0.455. The number of nitrogens with one attached hydrogen (secondary N) is 1. The van der Waals surface area contributed by atoms with E-state index in [-0.39, 0.29) is 24.8 Å². The summed E-state index contributed by atoms with van der Waals surface area (Å²) in [6.07, 6.45) is 6.37. The second kappa shape index (κ2) is 7.13. The van der Waals surface area contributed by atoms with Gasteiger partial charge < -0.3 is 5.32 Å². The Labute approximate surface area is 77.3 Å². The topological polar surface area (TPSA) is 48.2 Å². The van der Waals surface area contributed by atoms with E-state index in [2.05, 4.69) is 10.3 Å². The normalized spacial score (nSPS) is 12.5. The third-order valence-corrected chi connectivity index (χ3v) is 0.847. The quantitative estimate of drug-likeness (QED) is 0.630. The molecule has 0 aliphatic carbocycles. The fraction of sp³-hybridized carbons (Fsp3) is 0. The van der Waals surface area contributed by atoms with E-state index in [0.717, 1.165) is 0 Å². The van der Waals surface area contributed by atoms with E-state index in [4.69, 9.17) is 5.26 Å². The standard InChI is InChI=1S/C6H5N3.2ClH/c7-5-6-1-2-8-3-4-9-6;;/h1-4,9H;2*1H. The smallest absolute Gasteiger partial charge is 0.119 e. The summed E-state index contributed by atoms with van der Waals surface area (Å²) >= 11 is 0. The highest BCUT2D eigenvalue weighted by atomic mass is 35.5. The zero-order valence-electron chi connectivity index (χ0n) is 5.52. The van der Waals surface area contributed by atoms with Gasteiger partial charge in [0.1, 0.15) is 11.8 Å². The molecule has 1 rings (SSSR count). The van der Waals surface area contributed by atoms with Gasteiger partial charge in [-0.1, -0.05) is 0 Å². The molecule has 1 heterocycles. The predicted molar refractivity (Wildman–Crippen MR) is 49.0 cm³/mol. The van der Waals surface area contributed by atoms with Gasteiger partial charge in [0.2, 0.25) is 0 Å². The fourth-order valence-electron chi connectivity index (χ4n) is 0.455. The maximum atomic E-state index is 8.34. The molecule has 0 aromatic carbocycles. The van der Waals surface area contributed by atoms with E-state index >= 15 is 0 Å². The molecule has 1 N–H and O–H groups in total. The minimum atomic E-state index is 0. The zero-order valence-corrected chi connectivity index (χ0v) is 7.15. The number of aliphatic imine (C=N–C) groups is 1. The zero-order chi connectivity index (χ0) is 6.53. The third-order valence-electron chi connectivity index (χ3n) is 0.847. The predicted octanol–water partition coefficient (Wildman–Crippen LogP) is 1.38. The van der Waals surface area contributed by atoms with E-state index in [1.807, 2.05) is 6.07 Å². The molecule has 0 amide bonds. The number of nitrogens with zero attached hydrogens (tertiary/aromatic N) is 2. The van der Waals surface area contributed by atoms with Crippen molar-refractivity contribution >= 4 is 31.0 Å². The first kappa shape index (κ1) is 12.7. The van der Waals surface area contributed by atoms with Gasteiger partial charge in [-0.05, 0) is 6.08 Å². The molecule has 0 fully saturated rings. The molecule has 1 aliphatic rings. The molecule has 60 valence electrons. The van der Waals surface area contributed by atoms with Crippen LogP contribution in [0.15, 0.2) is 29.2 Å². The van der Waals surface area contributed by atoms with Crippen molar-refractivity contribution in [3.8, 4) is 6.07 Å². The minimum Gasteiger partial charge on any atom is -0.352 e. The molecule has 0 radical (unpaired) electrons. The Morgan fingerprint density at radius 1 is 1.45 bits per heavy atom. The maximum absolute atomic E-state index is 8.34. The molecule has 1 aliphatic heterocycles. The SMILES string of the molecule is Cl.Cl.N#CC1=CC=NC=CN1. The van der Waals surface area contributed by atoms with E-state index in [0.29, 0.717) is 5.70 Å². The molecule has 0 bridgehead atoms. The van der Waals surface area contributed by atoms with Crippen molar-refractivity contribution in [3.05, 3.63) is 24.2 Å². The highest BCUT2D eigenvalue weighted by Gasteiger charge is 1.87. The summed E-state index contributed by atoms with van der Waals surface area (Å²) in [6, 6.07) is 1.95.